The summed E-state index contributed by atoms with van der Waals surface area (Å²) in [6.45, 7) is 3.52. The van der Waals surface area contributed by atoms with Crippen LogP contribution in [0.15, 0.2) is 48.5 Å². The average Bonchev–Trinajstić information content (AvgIpc) is 2.76. The number of ether oxygens (including phenoxy) is 2. The van der Waals surface area contributed by atoms with Crippen LogP contribution in [0.2, 0.25) is 5.02 Å². The zero-order valence-corrected chi connectivity index (χ0v) is 18.9. The number of carbonyl (C=O) groups is 3. The second kappa shape index (κ2) is 12.0. The third-order valence-corrected chi connectivity index (χ3v) is 5.00. The van der Waals surface area contributed by atoms with E-state index in [-0.39, 0.29) is 18.9 Å². The molecule has 8 nitrogen and oxygen atoms in total. The lowest BCUT2D eigenvalue weighted by Crippen LogP contribution is -2.54. The highest BCUT2D eigenvalue weighted by molar-refractivity contribution is 6.32. The van der Waals surface area contributed by atoms with Crippen molar-refractivity contribution in [3.63, 3.8) is 0 Å². The average molecular weight is 463 g/mol. The number of halogens is 1. The van der Waals surface area contributed by atoms with Gasteiger partial charge >= 0.3 is 12.1 Å². The Balaban J connectivity index is 2.01. The molecule has 0 bridgehead atoms. The molecule has 0 radical (unpaired) electrons. The van der Waals surface area contributed by atoms with Crippen molar-refractivity contribution in [3.8, 4) is 5.75 Å². The van der Waals surface area contributed by atoms with Crippen molar-refractivity contribution in [1.29, 1.82) is 0 Å². The number of alkyl carbamates (subject to hydrolysis) is 1. The third kappa shape index (κ3) is 7.46. The summed E-state index contributed by atoms with van der Waals surface area (Å²) in [5.41, 5.74) is 1.41. The predicted molar refractivity (Wildman–Crippen MR) is 120 cm³/mol. The Morgan fingerprint density at radius 3 is 2.28 bits per heavy atom. The number of aliphatic carboxylic acids is 1. The standard InChI is InChI=1S/C23H27ClN2O6/c1-14(2)20(26-23(30)32-13-15-7-5-4-6-8-15)21(27)25-18(22(28)29)12-16-9-10-19(31-3)17(24)11-16/h4-11,14,18,20H,12-13H2,1-3H3,(H,25,27)(H,26,30)(H,28,29)/t18-,20-/m1/s1. The van der Waals surface area contributed by atoms with Gasteiger partial charge in [-0.15, -0.1) is 0 Å². The number of carbonyl (C=O) groups excluding carboxylic acids is 2. The molecule has 3 N–H and O–H groups in total. The number of carboxylic acids is 1. The monoisotopic (exact) mass is 462 g/mol. The molecule has 2 aromatic rings. The summed E-state index contributed by atoms with van der Waals surface area (Å²) in [5, 5.41) is 14.9. The maximum absolute atomic E-state index is 12.8. The summed E-state index contributed by atoms with van der Waals surface area (Å²) >= 11 is 6.10. The molecule has 0 heterocycles. The summed E-state index contributed by atoms with van der Waals surface area (Å²) in [5.74, 6) is -1.67. The summed E-state index contributed by atoms with van der Waals surface area (Å²) in [6, 6.07) is 11.8. The van der Waals surface area contributed by atoms with Crippen molar-refractivity contribution in [2.75, 3.05) is 7.11 Å². The van der Waals surface area contributed by atoms with E-state index >= 15 is 0 Å². The van der Waals surface area contributed by atoms with E-state index in [1.54, 1.807) is 32.0 Å². The van der Waals surface area contributed by atoms with Crippen molar-refractivity contribution in [2.24, 2.45) is 5.92 Å². The smallest absolute Gasteiger partial charge is 0.408 e. The summed E-state index contributed by atoms with van der Waals surface area (Å²) in [4.78, 5) is 36.7. The molecule has 0 spiro atoms. The first-order valence-corrected chi connectivity index (χ1v) is 10.4. The van der Waals surface area contributed by atoms with Crippen LogP contribution in [0.1, 0.15) is 25.0 Å². The second-order valence-electron chi connectivity index (χ2n) is 7.50. The molecule has 0 fully saturated rings. The van der Waals surface area contributed by atoms with E-state index in [4.69, 9.17) is 21.1 Å². The predicted octanol–water partition coefficient (Wildman–Crippen LogP) is 3.41. The van der Waals surface area contributed by atoms with Gasteiger partial charge in [-0.2, -0.15) is 0 Å². The van der Waals surface area contributed by atoms with E-state index in [1.807, 2.05) is 30.3 Å². The molecule has 0 aliphatic heterocycles. The first-order chi connectivity index (χ1) is 15.2. The minimum absolute atomic E-state index is 0.00799. The fourth-order valence-electron chi connectivity index (χ4n) is 2.96. The summed E-state index contributed by atoms with van der Waals surface area (Å²) in [6.07, 6.45) is -0.759. The van der Waals surface area contributed by atoms with E-state index in [0.717, 1.165) is 5.56 Å². The van der Waals surface area contributed by atoms with Crippen LogP contribution in [0, 0.1) is 5.92 Å². The van der Waals surface area contributed by atoms with E-state index < -0.39 is 30.1 Å². The highest BCUT2D eigenvalue weighted by Gasteiger charge is 2.29. The fourth-order valence-corrected chi connectivity index (χ4v) is 3.24. The van der Waals surface area contributed by atoms with Gasteiger partial charge in [0.25, 0.3) is 0 Å². The molecule has 0 saturated heterocycles. The Hall–Kier alpha value is -3.26. The fraction of sp³-hybridized carbons (Fsp3) is 0.348. The molecule has 2 atom stereocenters. The summed E-state index contributed by atoms with van der Waals surface area (Å²) in [7, 11) is 1.48. The molecule has 2 rings (SSSR count). The quantitative estimate of drug-likeness (QED) is 0.498. The molecule has 32 heavy (non-hydrogen) atoms. The van der Waals surface area contributed by atoms with Gasteiger partial charge < -0.3 is 25.2 Å². The van der Waals surface area contributed by atoms with E-state index in [9.17, 15) is 19.5 Å². The van der Waals surface area contributed by atoms with E-state index in [1.165, 1.54) is 7.11 Å². The molecule has 0 unspecified atom stereocenters. The van der Waals surface area contributed by atoms with Gasteiger partial charge in [0.1, 0.15) is 24.4 Å². The van der Waals surface area contributed by atoms with Crippen LogP contribution in [0.25, 0.3) is 0 Å². The van der Waals surface area contributed by atoms with Crippen LogP contribution in [-0.4, -0.2) is 42.3 Å². The lowest BCUT2D eigenvalue weighted by Gasteiger charge is -2.24. The Kier molecular flexibility index (Phi) is 9.34. The molecule has 0 aliphatic carbocycles. The van der Waals surface area contributed by atoms with E-state index in [2.05, 4.69) is 10.6 Å². The normalized spacial score (nSPS) is 12.5. The van der Waals surface area contributed by atoms with Crippen LogP contribution < -0.4 is 15.4 Å². The molecule has 2 amide bonds. The Labute approximate surface area is 191 Å². The number of hydrogen-bond donors (Lipinski definition) is 3. The number of nitrogens with one attached hydrogen (secondary N) is 2. The van der Waals surface area contributed by atoms with Crippen LogP contribution in [0.4, 0.5) is 4.79 Å². The molecular weight excluding hydrogens is 436 g/mol. The lowest BCUT2D eigenvalue weighted by atomic mass is 10.0. The highest BCUT2D eigenvalue weighted by atomic mass is 35.5. The largest absolute Gasteiger partial charge is 0.495 e. The van der Waals surface area contributed by atoms with E-state index in [0.29, 0.717) is 16.3 Å². The zero-order chi connectivity index (χ0) is 23.7. The van der Waals surface area contributed by atoms with Crippen LogP contribution >= 0.6 is 11.6 Å². The van der Waals surface area contributed by atoms with Crippen LogP contribution in [0.5, 0.6) is 5.75 Å². The zero-order valence-electron chi connectivity index (χ0n) is 18.1. The van der Waals surface area contributed by atoms with Crippen LogP contribution in [0.3, 0.4) is 0 Å². The Bertz CT molecular complexity index is 935. The van der Waals surface area contributed by atoms with Crippen molar-refractivity contribution in [3.05, 3.63) is 64.7 Å². The van der Waals surface area contributed by atoms with Gasteiger partial charge in [0.15, 0.2) is 0 Å². The Morgan fingerprint density at radius 1 is 1.03 bits per heavy atom. The van der Waals surface area contributed by atoms with Crippen molar-refractivity contribution < 1.29 is 29.0 Å². The third-order valence-electron chi connectivity index (χ3n) is 4.71. The van der Waals surface area contributed by atoms with Crippen molar-refractivity contribution in [2.45, 2.75) is 39.0 Å². The summed E-state index contributed by atoms with van der Waals surface area (Å²) < 4.78 is 10.3. The number of amides is 2. The topological polar surface area (TPSA) is 114 Å². The van der Waals surface area contributed by atoms with Gasteiger partial charge in [0.05, 0.1) is 12.1 Å². The van der Waals surface area contributed by atoms with Crippen molar-refractivity contribution in [1.82, 2.24) is 10.6 Å². The highest BCUT2D eigenvalue weighted by Crippen LogP contribution is 2.25. The molecule has 9 heteroatoms. The number of rotatable bonds is 10. The number of benzene rings is 2. The van der Waals surface area contributed by atoms with Crippen LogP contribution in [-0.2, 0) is 27.4 Å². The first kappa shape index (κ1) is 25.0. The van der Waals surface area contributed by atoms with Gasteiger partial charge in [0.2, 0.25) is 5.91 Å². The molecule has 0 aromatic heterocycles. The van der Waals surface area contributed by atoms with Crippen molar-refractivity contribution >= 4 is 29.6 Å². The second-order valence-corrected chi connectivity index (χ2v) is 7.91. The van der Waals surface area contributed by atoms with Gasteiger partial charge in [0, 0.05) is 6.42 Å². The lowest BCUT2D eigenvalue weighted by molar-refractivity contribution is -0.142. The first-order valence-electron chi connectivity index (χ1n) is 10.0. The molecular formula is C23H27ClN2O6. The number of hydrogen-bond acceptors (Lipinski definition) is 5. The minimum Gasteiger partial charge on any atom is -0.495 e. The Morgan fingerprint density at radius 2 is 1.72 bits per heavy atom. The van der Waals surface area contributed by atoms with Gasteiger partial charge in [-0.1, -0.05) is 61.8 Å². The maximum atomic E-state index is 12.8. The molecule has 172 valence electrons. The minimum atomic E-state index is -1.21. The molecule has 0 saturated carbocycles. The van der Waals surface area contributed by atoms with Gasteiger partial charge in [-0.3, -0.25) is 4.79 Å². The molecule has 2 aromatic carbocycles. The SMILES string of the molecule is COc1ccc(C[C@@H](NC(=O)[C@H](NC(=O)OCc2ccccc2)C(C)C)C(=O)O)cc1Cl. The van der Waals surface area contributed by atoms with Gasteiger partial charge in [-0.05, 0) is 29.2 Å². The molecule has 0 aliphatic rings. The number of carboxylic acid groups (broad SMARTS) is 1. The maximum Gasteiger partial charge on any atom is 0.408 e. The van der Waals surface area contributed by atoms with Gasteiger partial charge in [-0.25, -0.2) is 9.59 Å². The number of methoxy groups -OCH3 is 1.